The summed E-state index contributed by atoms with van der Waals surface area (Å²) in [5.74, 6) is -0.431. The van der Waals surface area contributed by atoms with Crippen molar-refractivity contribution in [1.82, 2.24) is 4.90 Å². The number of nitrogens with zero attached hydrogens (tertiary/aromatic N) is 1. The average molecular weight is 293 g/mol. The summed E-state index contributed by atoms with van der Waals surface area (Å²) in [6.07, 6.45) is 3.35. The van der Waals surface area contributed by atoms with Crippen LogP contribution in [-0.4, -0.2) is 40.2 Å². The molecule has 1 saturated heterocycles. The number of rotatable bonds is 4. The number of hydrogen-bond donors (Lipinski definition) is 1. The van der Waals surface area contributed by atoms with Gasteiger partial charge >= 0.3 is 5.97 Å². The molecule has 5 heteroatoms. The molecule has 1 unspecified atom stereocenters. The van der Waals surface area contributed by atoms with Crippen molar-refractivity contribution in [2.24, 2.45) is 0 Å². The molecule has 1 N–H and O–H groups in total. The third-order valence-electron chi connectivity index (χ3n) is 3.57. The van der Waals surface area contributed by atoms with Gasteiger partial charge in [0, 0.05) is 17.5 Å². The molecule has 0 radical (unpaired) electrons. The van der Waals surface area contributed by atoms with Crippen LogP contribution >= 0.6 is 11.8 Å². The largest absolute Gasteiger partial charge is 0.478 e. The van der Waals surface area contributed by atoms with E-state index < -0.39 is 5.97 Å². The Morgan fingerprint density at radius 2 is 2.20 bits per heavy atom. The van der Waals surface area contributed by atoms with Crippen LogP contribution in [0.2, 0.25) is 0 Å². The lowest BCUT2D eigenvalue weighted by atomic mass is 10.0. The molecule has 1 aromatic rings. The summed E-state index contributed by atoms with van der Waals surface area (Å²) >= 11 is 1.40. The Labute approximate surface area is 123 Å². The minimum absolute atomic E-state index is 0.142. The van der Waals surface area contributed by atoms with Gasteiger partial charge in [0.2, 0.25) is 5.91 Å². The molecule has 1 amide bonds. The molecule has 20 heavy (non-hydrogen) atoms. The van der Waals surface area contributed by atoms with E-state index in [0.717, 1.165) is 24.3 Å². The fraction of sp³-hybridized carbons (Fsp3) is 0.467. The lowest BCUT2D eigenvalue weighted by Crippen LogP contribution is -2.42. The first kappa shape index (κ1) is 14.9. The molecule has 1 atom stereocenters. The van der Waals surface area contributed by atoms with Crippen LogP contribution in [0.3, 0.4) is 0 Å². The normalized spacial score (nSPS) is 18.9. The van der Waals surface area contributed by atoms with Crippen LogP contribution in [0.5, 0.6) is 0 Å². The van der Waals surface area contributed by atoms with E-state index in [0.29, 0.717) is 11.8 Å². The minimum atomic E-state index is -0.941. The Morgan fingerprint density at radius 1 is 1.40 bits per heavy atom. The van der Waals surface area contributed by atoms with Gasteiger partial charge in [0.25, 0.3) is 0 Å². The smallest absolute Gasteiger partial charge is 0.335 e. The SMILES string of the molecule is CC1CCCCN1C(=O)CSc1cccc(C(=O)O)c1. The van der Waals surface area contributed by atoms with Crippen LogP contribution in [0.4, 0.5) is 0 Å². The number of carboxylic acid groups (broad SMARTS) is 1. The van der Waals surface area contributed by atoms with Gasteiger partial charge in [0.05, 0.1) is 11.3 Å². The van der Waals surface area contributed by atoms with Gasteiger partial charge in [-0.1, -0.05) is 6.07 Å². The van der Waals surface area contributed by atoms with E-state index in [2.05, 4.69) is 6.92 Å². The van der Waals surface area contributed by atoms with Crippen molar-refractivity contribution in [3.05, 3.63) is 29.8 Å². The number of likely N-dealkylation sites (tertiary alicyclic amines) is 1. The highest BCUT2D eigenvalue weighted by molar-refractivity contribution is 8.00. The number of benzene rings is 1. The number of hydrogen-bond acceptors (Lipinski definition) is 3. The van der Waals surface area contributed by atoms with Crippen LogP contribution in [0.1, 0.15) is 36.5 Å². The maximum Gasteiger partial charge on any atom is 0.335 e. The first-order valence-electron chi connectivity index (χ1n) is 6.83. The molecule has 1 aromatic carbocycles. The Hall–Kier alpha value is -1.49. The van der Waals surface area contributed by atoms with E-state index in [4.69, 9.17) is 5.11 Å². The molecular weight excluding hydrogens is 274 g/mol. The second kappa shape index (κ2) is 6.79. The van der Waals surface area contributed by atoms with Gasteiger partial charge in [0.1, 0.15) is 0 Å². The number of thioether (sulfide) groups is 1. The molecule has 0 spiro atoms. The lowest BCUT2D eigenvalue weighted by molar-refractivity contribution is -0.131. The summed E-state index contributed by atoms with van der Waals surface area (Å²) in [7, 11) is 0. The maximum atomic E-state index is 12.2. The molecule has 1 fully saturated rings. The van der Waals surface area contributed by atoms with Gasteiger partial charge in [-0.15, -0.1) is 11.8 Å². The lowest BCUT2D eigenvalue weighted by Gasteiger charge is -2.33. The highest BCUT2D eigenvalue weighted by atomic mass is 32.2. The molecule has 0 aromatic heterocycles. The van der Waals surface area contributed by atoms with Crippen molar-refractivity contribution in [3.8, 4) is 0 Å². The van der Waals surface area contributed by atoms with E-state index >= 15 is 0 Å². The van der Waals surface area contributed by atoms with Crippen LogP contribution in [-0.2, 0) is 4.79 Å². The summed E-state index contributed by atoms with van der Waals surface area (Å²) in [5, 5.41) is 8.94. The number of piperidine rings is 1. The van der Waals surface area contributed by atoms with E-state index in [1.807, 2.05) is 11.0 Å². The summed E-state index contributed by atoms with van der Waals surface area (Å²) in [4.78, 5) is 25.9. The monoisotopic (exact) mass is 293 g/mol. The summed E-state index contributed by atoms with van der Waals surface area (Å²) in [6, 6.07) is 7.03. The number of carbonyl (C=O) groups excluding carboxylic acids is 1. The molecule has 0 saturated carbocycles. The van der Waals surface area contributed by atoms with E-state index in [-0.39, 0.29) is 11.5 Å². The van der Waals surface area contributed by atoms with Gasteiger partial charge < -0.3 is 10.0 Å². The summed E-state index contributed by atoms with van der Waals surface area (Å²) < 4.78 is 0. The number of aromatic carboxylic acids is 1. The topological polar surface area (TPSA) is 57.6 Å². The molecule has 4 nitrogen and oxygen atoms in total. The molecule has 0 aliphatic carbocycles. The van der Waals surface area contributed by atoms with Crippen molar-refractivity contribution in [1.29, 1.82) is 0 Å². The Morgan fingerprint density at radius 3 is 2.90 bits per heavy atom. The van der Waals surface area contributed by atoms with Crippen LogP contribution in [0, 0.1) is 0 Å². The van der Waals surface area contributed by atoms with Crippen LogP contribution < -0.4 is 0 Å². The Kier molecular flexibility index (Phi) is 5.06. The zero-order chi connectivity index (χ0) is 14.5. The van der Waals surface area contributed by atoms with Crippen molar-refractivity contribution in [2.75, 3.05) is 12.3 Å². The zero-order valence-electron chi connectivity index (χ0n) is 11.5. The molecule has 0 bridgehead atoms. The van der Waals surface area contributed by atoms with Crippen LogP contribution in [0.25, 0.3) is 0 Å². The molecular formula is C15H19NO3S. The number of carbonyl (C=O) groups is 2. The molecule has 1 aliphatic heterocycles. The number of carboxylic acids is 1. The third kappa shape index (κ3) is 3.76. The summed E-state index contributed by atoms with van der Waals surface area (Å²) in [5.41, 5.74) is 0.258. The average Bonchev–Trinajstić information content (AvgIpc) is 2.45. The highest BCUT2D eigenvalue weighted by Gasteiger charge is 2.22. The number of amides is 1. The highest BCUT2D eigenvalue weighted by Crippen LogP contribution is 2.22. The first-order chi connectivity index (χ1) is 9.58. The predicted molar refractivity (Wildman–Crippen MR) is 79.2 cm³/mol. The molecule has 2 rings (SSSR count). The zero-order valence-corrected chi connectivity index (χ0v) is 12.4. The van der Waals surface area contributed by atoms with Gasteiger partial charge in [-0.2, -0.15) is 0 Å². The fourth-order valence-corrected chi connectivity index (χ4v) is 3.26. The Bertz CT molecular complexity index is 504. The second-order valence-corrected chi connectivity index (χ2v) is 6.10. The van der Waals surface area contributed by atoms with Gasteiger partial charge in [0.15, 0.2) is 0 Å². The van der Waals surface area contributed by atoms with Crippen LogP contribution in [0.15, 0.2) is 29.2 Å². The van der Waals surface area contributed by atoms with E-state index in [9.17, 15) is 9.59 Å². The standard InChI is InChI=1S/C15H19NO3S/c1-11-5-2-3-8-16(11)14(17)10-20-13-7-4-6-12(9-13)15(18)19/h4,6-7,9,11H,2-3,5,8,10H2,1H3,(H,18,19). The molecule has 108 valence electrons. The maximum absolute atomic E-state index is 12.2. The van der Waals surface area contributed by atoms with Crippen molar-refractivity contribution < 1.29 is 14.7 Å². The van der Waals surface area contributed by atoms with Crippen molar-refractivity contribution in [2.45, 2.75) is 37.1 Å². The quantitative estimate of drug-likeness (QED) is 0.867. The third-order valence-corrected chi connectivity index (χ3v) is 4.55. The first-order valence-corrected chi connectivity index (χ1v) is 7.82. The minimum Gasteiger partial charge on any atom is -0.478 e. The second-order valence-electron chi connectivity index (χ2n) is 5.05. The van der Waals surface area contributed by atoms with Gasteiger partial charge in [-0.05, 0) is 44.4 Å². The van der Waals surface area contributed by atoms with E-state index in [1.165, 1.54) is 18.2 Å². The molecule has 1 aliphatic rings. The predicted octanol–water partition coefficient (Wildman–Crippen LogP) is 2.88. The molecule has 1 heterocycles. The summed E-state index contributed by atoms with van der Waals surface area (Å²) in [6.45, 7) is 2.93. The van der Waals surface area contributed by atoms with Gasteiger partial charge in [-0.3, -0.25) is 4.79 Å². The van der Waals surface area contributed by atoms with E-state index in [1.54, 1.807) is 18.2 Å². The van der Waals surface area contributed by atoms with Crippen molar-refractivity contribution in [3.63, 3.8) is 0 Å². The Balaban J connectivity index is 1.92. The van der Waals surface area contributed by atoms with Gasteiger partial charge in [-0.25, -0.2) is 4.79 Å². The van der Waals surface area contributed by atoms with Crippen molar-refractivity contribution >= 4 is 23.6 Å². The fourth-order valence-electron chi connectivity index (χ4n) is 2.42.